The molecular formula is C23H31Cl3FN7. The fourth-order valence-corrected chi connectivity index (χ4v) is 5.00. The smallest absolute Gasteiger partial charge is 0.227 e. The van der Waals surface area contributed by atoms with Gasteiger partial charge in [0.05, 0.1) is 6.33 Å². The third-order valence-corrected chi connectivity index (χ3v) is 6.94. The molecule has 2 aliphatic carbocycles. The van der Waals surface area contributed by atoms with Crippen molar-refractivity contribution in [2.45, 2.75) is 76.0 Å². The van der Waals surface area contributed by atoms with E-state index in [9.17, 15) is 4.39 Å². The Hall–Kier alpha value is -1.87. The zero-order valence-corrected chi connectivity index (χ0v) is 21.2. The molecule has 0 aliphatic heterocycles. The zero-order valence-electron chi connectivity index (χ0n) is 18.8. The highest BCUT2D eigenvalue weighted by Gasteiger charge is 2.24. The molecule has 0 saturated heterocycles. The van der Waals surface area contributed by atoms with Gasteiger partial charge in [0.25, 0.3) is 0 Å². The molecule has 1 aromatic carbocycles. The monoisotopic (exact) mass is 529 g/mol. The molecular weight excluding hydrogens is 500 g/mol. The minimum absolute atomic E-state index is 0. The molecule has 2 heterocycles. The topological polar surface area (TPSA) is 93.7 Å². The first-order valence-electron chi connectivity index (χ1n) is 11.5. The highest BCUT2D eigenvalue weighted by Crippen LogP contribution is 2.33. The number of nitrogens with zero attached hydrogens (tertiary/aromatic N) is 4. The first-order chi connectivity index (χ1) is 15.6. The van der Waals surface area contributed by atoms with E-state index in [1.54, 1.807) is 12.1 Å². The van der Waals surface area contributed by atoms with E-state index in [1.165, 1.54) is 18.9 Å². The molecule has 2 aromatic heterocycles. The lowest BCUT2D eigenvalue weighted by atomic mass is 9.92. The third kappa shape index (κ3) is 5.85. The van der Waals surface area contributed by atoms with E-state index in [-0.39, 0.29) is 43.2 Å². The van der Waals surface area contributed by atoms with E-state index in [4.69, 9.17) is 27.3 Å². The molecule has 5 rings (SSSR count). The predicted octanol–water partition coefficient (Wildman–Crippen LogP) is 5.87. The maximum atomic E-state index is 14.3. The number of aromatic nitrogens is 4. The van der Waals surface area contributed by atoms with Gasteiger partial charge in [-0.2, -0.15) is 9.97 Å². The second-order valence-corrected chi connectivity index (χ2v) is 9.44. The van der Waals surface area contributed by atoms with Gasteiger partial charge in [-0.1, -0.05) is 30.5 Å². The normalized spacial score (nSPS) is 20.6. The summed E-state index contributed by atoms with van der Waals surface area (Å²) in [4.78, 5) is 14.2. The summed E-state index contributed by atoms with van der Waals surface area (Å²) in [7, 11) is 0. The van der Waals surface area contributed by atoms with Crippen molar-refractivity contribution in [3.8, 4) is 0 Å². The van der Waals surface area contributed by atoms with Crippen molar-refractivity contribution in [2.24, 2.45) is 5.73 Å². The average molecular weight is 531 g/mol. The van der Waals surface area contributed by atoms with Gasteiger partial charge in [-0.15, -0.1) is 24.8 Å². The van der Waals surface area contributed by atoms with Crippen LogP contribution in [0.1, 0.15) is 63.0 Å². The fraction of sp³-hybridized carbons (Fsp3) is 0.522. The molecule has 0 atom stereocenters. The van der Waals surface area contributed by atoms with Crippen LogP contribution in [0.15, 0.2) is 24.5 Å². The standard InChI is InChI=1S/C23H29ClFN7.2ClH/c24-15-6-5-14(19(25)11-15)12-27-21-20-22(32(13-28-20)18-3-1-2-4-18)31-23(30-21)29-17-9-7-16(26)8-10-17;;/h5-6,11,13,16-18H,1-4,7-10,12,26H2,(H2,27,29,30,31);2*1H. The number of hydrogen-bond donors (Lipinski definition) is 3. The van der Waals surface area contributed by atoms with Crippen molar-refractivity contribution < 1.29 is 4.39 Å². The van der Waals surface area contributed by atoms with Gasteiger partial charge >= 0.3 is 0 Å². The molecule has 0 amide bonds. The molecule has 11 heteroatoms. The Bertz CT molecular complexity index is 1100. The van der Waals surface area contributed by atoms with Crippen LogP contribution in [-0.2, 0) is 6.54 Å². The summed E-state index contributed by atoms with van der Waals surface area (Å²) in [5.74, 6) is 0.844. The first kappa shape index (κ1) is 26.7. The number of hydrogen-bond acceptors (Lipinski definition) is 6. The summed E-state index contributed by atoms with van der Waals surface area (Å²) in [5.41, 5.74) is 8.11. The Labute approximate surface area is 216 Å². The molecule has 2 saturated carbocycles. The number of imidazole rings is 1. The molecule has 0 bridgehead atoms. The fourth-order valence-electron chi connectivity index (χ4n) is 4.84. The highest BCUT2D eigenvalue weighted by molar-refractivity contribution is 6.30. The number of rotatable bonds is 6. The van der Waals surface area contributed by atoms with Crippen molar-refractivity contribution in [1.82, 2.24) is 19.5 Å². The van der Waals surface area contributed by atoms with Gasteiger partial charge in [0, 0.05) is 35.3 Å². The van der Waals surface area contributed by atoms with Gasteiger partial charge in [-0.25, -0.2) is 9.37 Å². The van der Waals surface area contributed by atoms with Crippen molar-refractivity contribution in [1.29, 1.82) is 0 Å². The average Bonchev–Trinajstić information content (AvgIpc) is 3.44. The van der Waals surface area contributed by atoms with Gasteiger partial charge in [0.15, 0.2) is 17.0 Å². The number of anilines is 2. The number of nitrogens with one attached hydrogen (secondary N) is 2. The lowest BCUT2D eigenvalue weighted by Crippen LogP contribution is -2.33. The molecule has 2 aliphatic rings. The van der Waals surface area contributed by atoms with E-state index in [2.05, 4.69) is 20.2 Å². The predicted molar refractivity (Wildman–Crippen MR) is 140 cm³/mol. The van der Waals surface area contributed by atoms with Crippen LogP contribution in [-0.4, -0.2) is 31.6 Å². The zero-order chi connectivity index (χ0) is 22.1. The summed E-state index contributed by atoms with van der Waals surface area (Å²) in [6, 6.07) is 5.70. The third-order valence-electron chi connectivity index (χ3n) is 6.71. The van der Waals surface area contributed by atoms with E-state index >= 15 is 0 Å². The summed E-state index contributed by atoms with van der Waals surface area (Å²) in [6.45, 7) is 0.281. The summed E-state index contributed by atoms with van der Waals surface area (Å²) in [6.07, 6.45) is 10.6. The van der Waals surface area contributed by atoms with Gasteiger partial charge in [0.2, 0.25) is 5.95 Å². The van der Waals surface area contributed by atoms with Crippen LogP contribution in [0.25, 0.3) is 11.2 Å². The Balaban J connectivity index is 0.00000162. The highest BCUT2D eigenvalue weighted by atomic mass is 35.5. The van der Waals surface area contributed by atoms with E-state index in [0.29, 0.717) is 40.0 Å². The van der Waals surface area contributed by atoms with Crippen molar-refractivity contribution in [3.63, 3.8) is 0 Å². The first-order valence-corrected chi connectivity index (χ1v) is 11.9. The second-order valence-electron chi connectivity index (χ2n) is 9.00. The molecule has 7 nitrogen and oxygen atoms in total. The maximum absolute atomic E-state index is 14.3. The molecule has 0 radical (unpaired) electrons. The maximum Gasteiger partial charge on any atom is 0.227 e. The van der Waals surface area contributed by atoms with Crippen molar-refractivity contribution in [2.75, 3.05) is 10.6 Å². The Morgan fingerprint density at radius 1 is 1.06 bits per heavy atom. The Morgan fingerprint density at radius 3 is 2.50 bits per heavy atom. The minimum atomic E-state index is -0.344. The summed E-state index contributed by atoms with van der Waals surface area (Å²) < 4.78 is 16.5. The van der Waals surface area contributed by atoms with Crippen LogP contribution >= 0.6 is 36.4 Å². The molecule has 0 spiro atoms. The SMILES string of the molecule is Cl.Cl.NC1CCC(Nc2nc(NCc3ccc(Cl)cc3F)c3ncn(C4CCCC4)c3n2)CC1. The molecule has 3 aromatic rings. The van der Waals surface area contributed by atoms with Crippen molar-refractivity contribution >= 4 is 59.3 Å². The van der Waals surface area contributed by atoms with E-state index in [0.717, 1.165) is 44.2 Å². The van der Waals surface area contributed by atoms with E-state index < -0.39 is 0 Å². The lowest BCUT2D eigenvalue weighted by Gasteiger charge is -2.27. The van der Waals surface area contributed by atoms with Crippen LogP contribution in [0.2, 0.25) is 5.02 Å². The van der Waals surface area contributed by atoms with Crippen LogP contribution in [0, 0.1) is 5.82 Å². The summed E-state index contributed by atoms with van der Waals surface area (Å²) >= 11 is 5.89. The Kier molecular flexibility index (Phi) is 9.20. The second kappa shape index (κ2) is 11.7. The molecule has 4 N–H and O–H groups in total. The quantitative estimate of drug-likeness (QED) is 0.369. The van der Waals surface area contributed by atoms with Crippen LogP contribution in [0.4, 0.5) is 16.2 Å². The minimum Gasteiger partial charge on any atom is -0.364 e. The van der Waals surface area contributed by atoms with Crippen LogP contribution in [0.5, 0.6) is 0 Å². The molecule has 34 heavy (non-hydrogen) atoms. The number of halogens is 4. The molecule has 2 fully saturated rings. The number of nitrogens with two attached hydrogens (primary N) is 1. The lowest BCUT2D eigenvalue weighted by molar-refractivity contribution is 0.410. The van der Waals surface area contributed by atoms with Gasteiger partial charge in [-0.3, -0.25) is 0 Å². The number of benzene rings is 1. The largest absolute Gasteiger partial charge is 0.364 e. The number of fused-ring (bicyclic) bond motifs is 1. The molecule has 0 unspecified atom stereocenters. The van der Waals surface area contributed by atoms with Gasteiger partial charge in [0.1, 0.15) is 5.82 Å². The summed E-state index contributed by atoms with van der Waals surface area (Å²) in [5, 5.41) is 7.17. The van der Waals surface area contributed by atoms with E-state index in [1.807, 2.05) is 6.33 Å². The van der Waals surface area contributed by atoms with Crippen LogP contribution in [0.3, 0.4) is 0 Å². The van der Waals surface area contributed by atoms with Gasteiger partial charge < -0.3 is 20.9 Å². The van der Waals surface area contributed by atoms with Gasteiger partial charge in [-0.05, 0) is 50.7 Å². The van der Waals surface area contributed by atoms with Crippen LogP contribution < -0.4 is 16.4 Å². The molecule has 186 valence electrons. The van der Waals surface area contributed by atoms with Crippen molar-refractivity contribution in [3.05, 3.63) is 40.9 Å². The Morgan fingerprint density at radius 2 is 1.79 bits per heavy atom.